The number of carbonyl (C=O) groups excluding carboxylic acids is 1. The Labute approximate surface area is 157 Å². The molecule has 0 saturated carbocycles. The van der Waals surface area contributed by atoms with Gasteiger partial charge in [-0.1, -0.05) is 52.0 Å². The largest absolute Gasteiger partial charge is 0.481 e. The number of ether oxygens (including phenoxy) is 1. The monoisotopic (exact) mass is 379 g/mol. The zero-order valence-corrected chi connectivity index (χ0v) is 15.9. The van der Waals surface area contributed by atoms with Gasteiger partial charge in [0, 0.05) is 0 Å². The van der Waals surface area contributed by atoms with Crippen molar-refractivity contribution >= 4 is 11.6 Å². The van der Waals surface area contributed by atoms with Gasteiger partial charge in [-0.25, -0.2) is 0 Å². The van der Waals surface area contributed by atoms with Crippen molar-refractivity contribution in [3.63, 3.8) is 0 Å². The fourth-order valence-corrected chi connectivity index (χ4v) is 2.57. The molecule has 0 bridgehead atoms. The number of benzene rings is 2. The number of carbonyl (C=O) groups is 1. The van der Waals surface area contributed by atoms with E-state index in [0.29, 0.717) is 12.2 Å². The van der Waals surface area contributed by atoms with E-state index in [9.17, 15) is 18.0 Å². The molecule has 0 aromatic heterocycles. The van der Waals surface area contributed by atoms with E-state index in [4.69, 9.17) is 4.74 Å². The molecular weight excluding hydrogens is 355 g/mol. The van der Waals surface area contributed by atoms with Gasteiger partial charge in [0.05, 0.1) is 11.3 Å². The molecule has 0 heterocycles. The van der Waals surface area contributed by atoms with Gasteiger partial charge in [0.1, 0.15) is 5.75 Å². The molecule has 6 heteroatoms. The minimum Gasteiger partial charge on any atom is -0.481 e. The van der Waals surface area contributed by atoms with Crippen molar-refractivity contribution in [1.82, 2.24) is 0 Å². The molecule has 0 fully saturated rings. The molecule has 2 rings (SSSR count). The maximum atomic E-state index is 13.1. The number of halogens is 3. The van der Waals surface area contributed by atoms with Crippen LogP contribution in [0.3, 0.4) is 0 Å². The number of rotatable bonds is 5. The molecule has 3 nitrogen and oxygen atoms in total. The van der Waals surface area contributed by atoms with Crippen LogP contribution in [0.2, 0.25) is 0 Å². The van der Waals surface area contributed by atoms with Gasteiger partial charge in [-0.15, -0.1) is 0 Å². The summed E-state index contributed by atoms with van der Waals surface area (Å²) in [6, 6.07) is 12.2. The number of nitrogens with one attached hydrogen (secondary N) is 1. The highest BCUT2D eigenvalue weighted by Gasteiger charge is 2.34. The van der Waals surface area contributed by atoms with Crippen molar-refractivity contribution in [1.29, 1.82) is 0 Å². The summed E-state index contributed by atoms with van der Waals surface area (Å²) in [7, 11) is 0. The van der Waals surface area contributed by atoms with Crippen LogP contribution in [0.1, 0.15) is 45.2 Å². The molecule has 2 aromatic carbocycles. The lowest BCUT2D eigenvalue weighted by Crippen LogP contribution is -2.33. The molecule has 1 amide bonds. The molecule has 1 N–H and O–H groups in total. The van der Waals surface area contributed by atoms with Crippen molar-refractivity contribution in [3.8, 4) is 5.75 Å². The Morgan fingerprint density at radius 2 is 1.63 bits per heavy atom. The van der Waals surface area contributed by atoms with Crippen LogP contribution in [0.25, 0.3) is 0 Å². The Hall–Kier alpha value is -2.50. The Morgan fingerprint density at radius 3 is 2.15 bits per heavy atom. The fraction of sp³-hybridized carbons (Fsp3) is 0.381. The van der Waals surface area contributed by atoms with E-state index in [1.807, 2.05) is 12.1 Å². The second-order valence-corrected chi connectivity index (χ2v) is 7.32. The molecule has 0 saturated heterocycles. The first kappa shape index (κ1) is 20.8. The average Bonchev–Trinajstić information content (AvgIpc) is 2.58. The average molecular weight is 379 g/mol. The van der Waals surface area contributed by atoms with E-state index in [0.717, 1.165) is 11.6 Å². The first-order chi connectivity index (χ1) is 12.5. The first-order valence-electron chi connectivity index (χ1n) is 8.76. The summed E-state index contributed by atoms with van der Waals surface area (Å²) in [6.45, 7) is 8.00. The van der Waals surface area contributed by atoms with Crippen molar-refractivity contribution in [2.24, 2.45) is 0 Å². The second kappa shape index (κ2) is 8.03. The van der Waals surface area contributed by atoms with Gasteiger partial charge in [-0.2, -0.15) is 13.2 Å². The lowest BCUT2D eigenvalue weighted by atomic mass is 9.87. The topological polar surface area (TPSA) is 38.3 Å². The smallest absolute Gasteiger partial charge is 0.418 e. The third-order valence-corrected chi connectivity index (χ3v) is 4.15. The summed E-state index contributed by atoms with van der Waals surface area (Å²) in [4.78, 5) is 12.4. The van der Waals surface area contributed by atoms with Crippen LogP contribution in [0.4, 0.5) is 18.9 Å². The van der Waals surface area contributed by atoms with E-state index >= 15 is 0 Å². The normalized spacial score (nSPS) is 13.1. The third-order valence-electron chi connectivity index (χ3n) is 4.15. The maximum absolute atomic E-state index is 13.1. The molecule has 1 unspecified atom stereocenters. The Kier molecular flexibility index (Phi) is 6.19. The highest BCUT2D eigenvalue weighted by molar-refractivity contribution is 5.95. The number of alkyl halides is 3. The number of hydrogen-bond donors (Lipinski definition) is 1. The summed E-state index contributed by atoms with van der Waals surface area (Å²) in [5.41, 5.74) is -0.0595. The summed E-state index contributed by atoms with van der Waals surface area (Å²) in [6.07, 6.45) is -5.12. The van der Waals surface area contributed by atoms with Crippen LogP contribution in [-0.4, -0.2) is 12.0 Å². The summed E-state index contributed by atoms with van der Waals surface area (Å²) < 4.78 is 44.9. The SMILES string of the molecule is CCC(Oc1ccc(C(C)(C)C)cc1)C(=O)Nc1ccccc1C(F)(F)F. The predicted molar refractivity (Wildman–Crippen MR) is 99.9 cm³/mol. The summed E-state index contributed by atoms with van der Waals surface area (Å²) in [5.74, 6) is -0.122. The molecule has 0 aliphatic carbocycles. The van der Waals surface area contributed by atoms with Crippen LogP contribution in [0, 0.1) is 0 Å². The molecular formula is C21H24F3NO2. The van der Waals surface area contributed by atoms with E-state index in [-0.39, 0.29) is 11.1 Å². The lowest BCUT2D eigenvalue weighted by Gasteiger charge is -2.21. The highest BCUT2D eigenvalue weighted by Crippen LogP contribution is 2.34. The van der Waals surface area contributed by atoms with Crippen LogP contribution < -0.4 is 10.1 Å². The Bertz CT molecular complexity index is 777. The van der Waals surface area contributed by atoms with Crippen molar-refractivity contribution in [2.45, 2.75) is 51.8 Å². The fourth-order valence-electron chi connectivity index (χ4n) is 2.57. The van der Waals surface area contributed by atoms with Crippen molar-refractivity contribution < 1.29 is 22.7 Å². The van der Waals surface area contributed by atoms with Gasteiger partial charge in [-0.05, 0) is 41.7 Å². The van der Waals surface area contributed by atoms with E-state index in [2.05, 4.69) is 26.1 Å². The van der Waals surface area contributed by atoms with Gasteiger partial charge in [0.25, 0.3) is 5.91 Å². The number of para-hydroxylation sites is 1. The number of amides is 1. The summed E-state index contributed by atoms with van der Waals surface area (Å²) in [5, 5.41) is 2.34. The molecule has 0 radical (unpaired) electrons. The first-order valence-corrected chi connectivity index (χ1v) is 8.76. The van der Waals surface area contributed by atoms with E-state index in [1.54, 1.807) is 19.1 Å². The molecule has 27 heavy (non-hydrogen) atoms. The zero-order chi connectivity index (χ0) is 20.2. The van der Waals surface area contributed by atoms with Crippen LogP contribution in [-0.2, 0) is 16.4 Å². The van der Waals surface area contributed by atoms with E-state index in [1.165, 1.54) is 18.2 Å². The maximum Gasteiger partial charge on any atom is 0.418 e. The molecule has 146 valence electrons. The molecule has 0 aliphatic heterocycles. The minimum atomic E-state index is -4.55. The quantitative estimate of drug-likeness (QED) is 0.713. The highest BCUT2D eigenvalue weighted by atomic mass is 19.4. The van der Waals surface area contributed by atoms with Gasteiger partial charge < -0.3 is 10.1 Å². The van der Waals surface area contributed by atoms with E-state index < -0.39 is 23.8 Å². The van der Waals surface area contributed by atoms with Crippen LogP contribution in [0.15, 0.2) is 48.5 Å². The zero-order valence-electron chi connectivity index (χ0n) is 15.9. The van der Waals surface area contributed by atoms with Crippen molar-refractivity contribution in [3.05, 3.63) is 59.7 Å². The minimum absolute atomic E-state index is 0.0125. The number of hydrogen-bond acceptors (Lipinski definition) is 2. The van der Waals surface area contributed by atoms with Gasteiger partial charge in [0.15, 0.2) is 6.10 Å². The molecule has 0 aliphatic rings. The molecule has 0 spiro atoms. The van der Waals surface area contributed by atoms with Gasteiger partial charge in [0.2, 0.25) is 0 Å². The molecule has 2 aromatic rings. The number of anilines is 1. The Balaban J connectivity index is 2.13. The van der Waals surface area contributed by atoms with Gasteiger partial charge in [-0.3, -0.25) is 4.79 Å². The lowest BCUT2D eigenvalue weighted by molar-refractivity contribution is -0.137. The van der Waals surface area contributed by atoms with Crippen LogP contribution in [0.5, 0.6) is 5.75 Å². The standard InChI is InChI=1S/C21H24F3NO2/c1-5-18(27-15-12-10-14(11-13-15)20(2,3)4)19(26)25-17-9-7-6-8-16(17)21(22,23)24/h6-13,18H,5H2,1-4H3,(H,25,26). The Morgan fingerprint density at radius 1 is 1.04 bits per heavy atom. The van der Waals surface area contributed by atoms with Crippen molar-refractivity contribution in [2.75, 3.05) is 5.32 Å². The molecule has 1 atom stereocenters. The third kappa shape index (κ3) is 5.49. The second-order valence-electron chi connectivity index (χ2n) is 7.32. The van der Waals surface area contributed by atoms with Gasteiger partial charge >= 0.3 is 6.18 Å². The summed E-state index contributed by atoms with van der Waals surface area (Å²) >= 11 is 0. The van der Waals surface area contributed by atoms with Crippen LogP contribution >= 0.6 is 0 Å². The predicted octanol–water partition coefficient (Wildman–Crippen LogP) is 5.80.